The monoisotopic (exact) mass is 420 g/mol. The summed E-state index contributed by atoms with van der Waals surface area (Å²) in [5, 5.41) is 11.6. The molecule has 158 valence electrons. The molecule has 3 heterocycles. The maximum absolute atomic E-state index is 14.1. The molecule has 0 saturated carbocycles. The van der Waals surface area contributed by atoms with Crippen molar-refractivity contribution in [3.8, 4) is 11.1 Å². The minimum atomic E-state index is -0.325. The predicted molar refractivity (Wildman–Crippen MR) is 113 cm³/mol. The van der Waals surface area contributed by atoms with Crippen molar-refractivity contribution in [2.75, 3.05) is 37.8 Å². The van der Waals surface area contributed by atoms with Crippen LogP contribution < -0.4 is 10.2 Å². The topological polar surface area (TPSA) is 87.6 Å². The minimum Gasteiger partial charge on any atom is -0.395 e. The SMILES string of the molecule is O=C(NCCO)c1ccc2c(c1)N(c1ncc(-c3ccccc3F)cn1)CC21COC1. The van der Waals surface area contributed by atoms with Gasteiger partial charge in [-0.1, -0.05) is 24.3 Å². The third-order valence-electron chi connectivity index (χ3n) is 5.80. The highest BCUT2D eigenvalue weighted by molar-refractivity contribution is 5.96. The molecule has 2 aromatic carbocycles. The van der Waals surface area contributed by atoms with E-state index in [4.69, 9.17) is 9.84 Å². The van der Waals surface area contributed by atoms with Crippen LogP contribution >= 0.6 is 0 Å². The number of aliphatic hydroxyl groups excluding tert-OH is 1. The molecule has 1 aromatic heterocycles. The van der Waals surface area contributed by atoms with E-state index in [0.29, 0.717) is 42.4 Å². The fourth-order valence-electron chi connectivity index (χ4n) is 4.16. The second kappa shape index (κ2) is 7.72. The normalized spacial score (nSPS) is 16.1. The maximum Gasteiger partial charge on any atom is 0.251 e. The van der Waals surface area contributed by atoms with Crippen molar-refractivity contribution < 1.29 is 19.0 Å². The van der Waals surface area contributed by atoms with E-state index in [2.05, 4.69) is 15.3 Å². The number of benzene rings is 2. The summed E-state index contributed by atoms with van der Waals surface area (Å²) in [5.74, 6) is -0.0917. The summed E-state index contributed by atoms with van der Waals surface area (Å²) in [6, 6.07) is 12.1. The number of carbonyl (C=O) groups excluding carboxylic acids is 1. The highest BCUT2D eigenvalue weighted by Gasteiger charge is 2.49. The molecule has 1 saturated heterocycles. The zero-order valence-electron chi connectivity index (χ0n) is 16.7. The van der Waals surface area contributed by atoms with Crippen LogP contribution in [0.25, 0.3) is 11.1 Å². The number of ether oxygens (including phenoxy) is 1. The summed E-state index contributed by atoms with van der Waals surface area (Å²) >= 11 is 0. The van der Waals surface area contributed by atoms with Gasteiger partial charge in [0.25, 0.3) is 5.91 Å². The largest absolute Gasteiger partial charge is 0.395 e. The Kier molecular flexibility index (Phi) is 4.88. The molecular weight excluding hydrogens is 399 g/mol. The van der Waals surface area contributed by atoms with Gasteiger partial charge in [0, 0.05) is 47.9 Å². The molecule has 7 nitrogen and oxygen atoms in total. The quantitative estimate of drug-likeness (QED) is 0.659. The maximum atomic E-state index is 14.1. The second-order valence-corrected chi connectivity index (χ2v) is 7.82. The highest BCUT2D eigenvalue weighted by atomic mass is 19.1. The van der Waals surface area contributed by atoms with E-state index >= 15 is 0 Å². The van der Waals surface area contributed by atoms with Gasteiger partial charge in [0.2, 0.25) is 5.95 Å². The van der Waals surface area contributed by atoms with Crippen LogP contribution in [0.4, 0.5) is 16.0 Å². The lowest BCUT2D eigenvalue weighted by molar-refractivity contribution is -0.0507. The van der Waals surface area contributed by atoms with E-state index < -0.39 is 0 Å². The Bertz CT molecular complexity index is 1130. The Balaban J connectivity index is 1.49. The number of hydrogen-bond acceptors (Lipinski definition) is 6. The molecule has 0 radical (unpaired) electrons. The highest BCUT2D eigenvalue weighted by Crippen LogP contribution is 2.47. The first-order valence-corrected chi connectivity index (χ1v) is 10.1. The van der Waals surface area contributed by atoms with Crippen LogP contribution in [0.1, 0.15) is 15.9 Å². The van der Waals surface area contributed by atoms with Crippen molar-refractivity contribution in [3.63, 3.8) is 0 Å². The first-order valence-electron chi connectivity index (χ1n) is 10.1. The number of rotatable bonds is 5. The molecule has 8 heteroatoms. The van der Waals surface area contributed by atoms with Crippen LogP contribution in [0.15, 0.2) is 54.9 Å². The Labute approximate surface area is 178 Å². The van der Waals surface area contributed by atoms with Crippen molar-refractivity contribution in [1.82, 2.24) is 15.3 Å². The molecule has 1 amide bonds. The number of nitrogens with zero attached hydrogens (tertiary/aromatic N) is 3. The third kappa shape index (κ3) is 3.34. The number of fused-ring (bicyclic) bond motifs is 2. The molecule has 3 aromatic rings. The van der Waals surface area contributed by atoms with Crippen molar-refractivity contribution in [3.05, 3.63) is 71.8 Å². The number of aliphatic hydroxyl groups is 1. The zero-order chi connectivity index (χ0) is 21.4. The van der Waals surface area contributed by atoms with Crippen LogP contribution in [-0.4, -0.2) is 53.9 Å². The molecule has 1 fully saturated rings. The van der Waals surface area contributed by atoms with Gasteiger partial charge in [-0.2, -0.15) is 0 Å². The van der Waals surface area contributed by atoms with Crippen LogP contribution in [0.5, 0.6) is 0 Å². The van der Waals surface area contributed by atoms with Gasteiger partial charge in [-0.15, -0.1) is 0 Å². The number of aromatic nitrogens is 2. The standard InChI is InChI=1S/C23H21FN4O3/c24-19-4-2-1-3-17(19)16-10-26-22(27-11-16)28-12-23(13-31-14-23)18-6-5-15(9-20(18)28)21(30)25-7-8-29/h1-6,9-11,29H,7-8,12-14H2,(H,25,30). The molecule has 0 unspecified atom stereocenters. The van der Waals surface area contributed by atoms with Crippen LogP contribution in [-0.2, 0) is 10.2 Å². The first-order chi connectivity index (χ1) is 15.1. The number of hydrogen-bond donors (Lipinski definition) is 2. The smallest absolute Gasteiger partial charge is 0.251 e. The van der Waals surface area contributed by atoms with Gasteiger partial charge >= 0.3 is 0 Å². The molecule has 0 aliphatic carbocycles. The first kappa shape index (κ1) is 19.6. The lowest BCUT2D eigenvalue weighted by Crippen LogP contribution is -2.49. The molecular formula is C23H21FN4O3. The van der Waals surface area contributed by atoms with E-state index in [1.165, 1.54) is 6.07 Å². The lowest BCUT2D eigenvalue weighted by atomic mass is 9.80. The van der Waals surface area contributed by atoms with Gasteiger partial charge in [-0.3, -0.25) is 4.79 Å². The zero-order valence-corrected chi connectivity index (χ0v) is 16.7. The van der Waals surface area contributed by atoms with Crippen molar-refractivity contribution >= 4 is 17.5 Å². The fraction of sp³-hybridized carbons (Fsp3) is 0.261. The number of anilines is 2. The predicted octanol–water partition coefficient (Wildman–Crippen LogP) is 2.42. The van der Waals surface area contributed by atoms with Gasteiger partial charge in [0.15, 0.2) is 0 Å². The third-order valence-corrected chi connectivity index (χ3v) is 5.80. The number of carbonyl (C=O) groups is 1. The van der Waals surface area contributed by atoms with Gasteiger partial charge in [0.1, 0.15) is 5.82 Å². The van der Waals surface area contributed by atoms with Gasteiger partial charge < -0.3 is 20.1 Å². The van der Waals surface area contributed by atoms with E-state index in [1.54, 1.807) is 36.7 Å². The second-order valence-electron chi connectivity index (χ2n) is 7.82. The molecule has 0 bridgehead atoms. The number of nitrogens with one attached hydrogen (secondary N) is 1. The molecule has 0 atom stereocenters. The Morgan fingerprint density at radius 1 is 1.19 bits per heavy atom. The molecule has 2 aliphatic heterocycles. The summed E-state index contributed by atoms with van der Waals surface area (Å²) in [5.41, 5.74) is 3.35. The summed E-state index contributed by atoms with van der Waals surface area (Å²) in [6.07, 6.45) is 3.22. The summed E-state index contributed by atoms with van der Waals surface area (Å²) in [4.78, 5) is 23.4. The van der Waals surface area contributed by atoms with E-state index in [9.17, 15) is 9.18 Å². The number of halogens is 1. The Hall–Kier alpha value is -3.36. The summed E-state index contributed by atoms with van der Waals surface area (Å²) in [7, 11) is 0. The Morgan fingerprint density at radius 3 is 2.65 bits per heavy atom. The molecule has 2 N–H and O–H groups in total. The summed E-state index contributed by atoms with van der Waals surface area (Å²) in [6.45, 7) is 1.91. The summed E-state index contributed by atoms with van der Waals surface area (Å²) < 4.78 is 19.6. The molecule has 1 spiro atoms. The fourth-order valence-corrected chi connectivity index (χ4v) is 4.16. The molecule has 2 aliphatic rings. The van der Waals surface area contributed by atoms with Gasteiger partial charge in [-0.25, -0.2) is 14.4 Å². The van der Waals surface area contributed by atoms with Crippen molar-refractivity contribution in [1.29, 1.82) is 0 Å². The average molecular weight is 420 g/mol. The molecule has 31 heavy (non-hydrogen) atoms. The van der Waals surface area contributed by atoms with Gasteiger partial charge in [0.05, 0.1) is 25.2 Å². The number of amides is 1. The van der Waals surface area contributed by atoms with Crippen molar-refractivity contribution in [2.45, 2.75) is 5.41 Å². The van der Waals surface area contributed by atoms with E-state index in [-0.39, 0.29) is 30.3 Å². The lowest BCUT2D eigenvalue weighted by Gasteiger charge is -2.38. The van der Waals surface area contributed by atoms with Crippen LogP contribution in [0.3, 0.4) is 0 Å². The van der Waals surface area contributed by atoms with E-state index in [1.807, 2.05) is 17.0 Å². The minimum absolute atomic E-state index is 0.120. The van der Waals surface area contributed by atoms with Crippen LogP contribution in [0.2, 0.25) is 0 Å². The van der Waals surface area contributed by atoms with Gasteiger partial charge in [-0.05, 0) is 23.8 Å². The van der Waals surface area contributed by atoms with Crippen LogP contribution in [0, 0.1) is 5.82 Å². The Morgan fingerprint density at radius 2 is 1.97 bits per heavy atom. The molecule has 5 rings (SSSR count). The van der Waals surface area contributed by atoms with E-state index in [0.717, 1.165) is 11.3 Å². The van der Waals surface area contributed by atoms with Crippen molar-refractivity contribution in [2.24, 2.45) is 0 Å². The average Bonchev–Trinajstić information content (AvgIpc) is 3.13.